The second kappa shape index (κ2) is 4.97. The van der Waals surface area contributed by atoms with E-state index in [1.54, 1.807) is 0 Å². The summed E-state index contributed by atoms with van der Waals surface area (Å²) in [5.74, 6) is -0.0544. The van der Waals surface area contributed by atoms with Gasteiger partial charge < -0.3 is 15.5 Å². The van der Waals surface area contributed by atoms with Crippen LogP contribution in [0.1, 0.15) is 29.0 Å². The lowest BCUT2D eigenvalue weighted by Gasteiger charge is -2.26. The van der Waals surface area contributed by atoms with Crippen LogP contribution in [0.15, 0.2) is 0 Å². The van der Waals surface area contributed by atoms with Crippen molar-refractivity contribution in [2.24, 2.45) is 0 Å². The molecule has 0 bridgehead atoms. The van der Waals surface area contributed by atoms with Crippen LogP contribution in [0.5, 0.6) is 0 Å². The number of hydrogen-bond donors (Lipinski definition) is 2. The van der Waals surface area contributed by atoms with E-state index < -0.39 is 0 Å². The van der Waals surface area contributed by atoms with Crippen LogP contribution in [0.2, 0.25) is 0 Å². The van der Waals surface area contributed by atoms with Gasteiger partial charge in [-0.3, -0.25) is 9.89 Å². The van der Waals surface area contributed by atoms with Crippen LogP contribution < -0.4 is 5.73 Å². The van der Waals surface area contributed by atoms with Crippen LogP contribution in [-0.4, -0.2) is 59.1 Å². The third-order valence-corrected chi connectivity index (χ3v) is 3.41. The Hall–Kier alpha value is -1.56. The summed E-state index contributed by atoms with van der Waals surface area (Å²) in [6.45, 7) is 3.50. The Morgan fingerprint density at radius 2 is 2.33 bits per heavy atom. The highest BCUT2D eigenvalue weighted by Crippen LogP contribution is 2.22. The molecule has 2 rings (SSSR count). The molecule has 0 saturated carbocycles. The van der Waals surface area contributed by atoms with E-state index in [1.807, 2.05) is 25.9 Å². The zero-order valence-corrected chi connectivity index (χ0v) is 11.2. The van der Waals surface area contributed by atoms with Crippen molar-refractivity contribution in [3.63, 3.8) is 0 Å². The van der Waals surface area contributed by atoms with Gasteiger partial charge in [-0.15, -0.1) is 0 Å². The first-order chi connectivity index (χ1) is 8.50. The number of amides is 1. The van der Waals surface area contributed by atoms with Gasteiger partial charge in [-0.1, -0.05) is 0 Å². The van der Waals surface area contributed by atoms with E-state index in [0.717, 1.165) is 31.6 Å². The van der Waals surface area contributed by atoms with Gasteiger partial charge in [0.1, 0.15) is 0 Å². The molecule has 1 aliphatic rings. The molecule has 1 amide bonds. The fraction of sp³-hybridized carbons (Fsp3) is 0.667. The first kappa shape index (κ1) is 12.9. The number of carbonyl (C=O) groups excluding carboxylic acids is 1. The van der Waals surface area contributed by atoms with Crippen molar-refractivity contribution in [1.82, 2.24) is 20.0 Å². The topological polar surface area (TPSA) is 78.2 Å². The van der Waals surface area contributed by atoms with Gasteiger partial charge in [0.15, 0.2) is 5.69 Å². The largest absolute Gasteiger partial charge is 0.395 e. The second-order valence-electron chi connectivity index (χ2n) is 5.17. The van der Waals surface area contributed by atoms with Gasteiger partial charge in [-0.2, -0.15) is 5.10 Å². The third kappa shape index (κ3) is 2.33. The smallest absolute Gasteiger partial charge is 0.276 e. The maximum absolute atomic E-state index is 12.4. The molecule has 3 N–H and O–H groups in total. The van der Waals surface area contributed by atoms with Gasteiger partial charge >= 0.3 is 0 Å². The van der Waals surface area contributed by atoms with Crippen molar-refractivity contribution in [2.45, 2.75) is 25.8 Å². The van der Waals surface area contributed by atoms with Crippen molar-refractivity contribution in [2.75, 3.05) is 32.9 Å². The number of carbonyl (C=O) groups is 1. The standard InChI is InChI=1S/C12H21N5O/c1-8-10(13)11(15-14-8)12(18)17-6-4-5-9(17)7-16(2)3/h9H,4-7,13H2,1-3H3,(H,14,15). The second-order valence-corrected chi connectivity index (χ2v) is 5.17. The Morgan fingerprint density at radius 3 is 2.89 bits per heavy atom. The molecule has 1 aromatic heterocycles. The number of nitrogens with one attached hydrogen (secondary N) is 1. The first-order valence-electron chi connectivity index (χ1n) is 6.27. The molecular formula is C12H21N5O. The number of nitrogens with two attached hydrogens (primary N) is 1. The zero-order chi connectivity index (χ0) is 13.3. The Morgan fingerprint density at radius 1 is 1.61 bits per heavy atom. The van der Waals surface area contributed by atoms with Gasteiger partial charge in [0, 0.05) is 19.1 Å². The summed E-state index contributed by atoms with van der Waals surface area (Å²) in [6.07, 6.45) is 2.10. The number of H-pyrrole nitrogens is 1. The van der Waals surface area contributed by atoms with Crippen LogP contribution in [0.25, 0.3) is 0 Å². The maximum atomic E-state index is 12.4. The Labute approximate surface area is 107 Å². The number of nitrogen functional groups attached to an aromatic ring is 1. The first-order valence-corrected chi connectivity index (χ1v) is 6.27. The van der Waals surface area contributed by atoms with Crippen molar-refractivity contribution in [1.29, 1.82) is 0 Å². The van der Waals surface area contributed by atoms with E-state index >= 15 is 0 Å². The summed E-state index contributed by atoms with van der Waals surface area (Å²) in [5, 5.41) is 6.78. The molecule has 0 spiro atoms. The number of hydrogen-bond acceptors (Lipinski definition) is 4. The number of aryl methyl sites for hydroxylation is 1. The SMILES string of the molecule is Cc1[nH]nc(C(=O)N2CCCC2CN(C)C)c1N. The molecular weight excluding hydrogens is 230 g/mol. The predicted molar refractivity (Wildman–Crippen MR) is 70.3 cm³/mol. The molecule has 0 radical (unpaired) electrons. The lowest BCUT2D eigenvalue weighted by Crippen LogP contribution is -2.41. The summed E-state index contributed by atoms with van der Waals surface area (Å²) >= 11 is 0. The number of aromatic amines is 1. The Balaban J connectivity index is 2.15. The Bertz CT molecular complexity index is 440. The van der Waals surface area contributed by atoms with Crippen molar-refractivity contribution in [3.05, 3.63) is 11.4 Å². The van der Waals surface area contributed by atoms with Crippen LogP contribution >= 0.6 is 0 Å². The molecule has 18 heavy (non-hydrogen) atoms. The van der Waals surface area contributed by atoms with E-state index in [1.165, 1.54) is 0 Å². The molecule has 1 fully saturated rings. The van der Waals surface area contributed by atoms with Gasteiger partial charge in [0.25, 0.3) is 5.91 Å². The number of rotatable bonds is 3. The summed E-state index contributed by atoms with van der Waals surface area (Å²) in [7, 11) is 4.04. The van der Waals surface area contributed by atoms with Gasteiger partial charge in [-0.25, -0.2) is 0 Å². The predicted octanol–water partition coefficient (Wildman–Crippen LogP) is 0.467. The summed E-state index contributed by atoms with van der Waals surface area (Å²) in [5.41, 5.74) is 7.45. The van der Waals surface area contributed by atoms with Crippen molar-refractivity contribution >= 4 is 11.6 Å². The van der Waals surface area contributed by atoms with E-state index in [2.05, 4.69) is 15.1 Å². The molecule has 100 valence electrons. The highest BCUT2D eigenvalue weighted by atomic mass is 16.2. The average Bonchev–Trinajstić information content (AvgIpc) is 2.87. The van der Waals surface area contributed by atoms with E-state index in [9.17, 15) is 4.79 Å². The lowest BCUT2D eigenvalue weighted by molar-refractivity contribution is 0.0711. The van der Waals surface area contributed by atoms with Crippen LogP contribution in [0, 0.1) is 6.92 Å². The van der Waals surface area contributed by atoms with E-state index in [-0.39, 0.29) is 11.9 Å². The zero-order valence-electron chi connectivity index (χ0n) is 11.2. The lowest BCUT2D eigenvalue weighted by atomic mass is 10.2. The third-order valence-electron chi connectivity index (χ3n) is 3.41. The normalized spacial score (nSPS) is 19.8. The van der Waals surface area contributed by atoms with E-state index in [0.29, 0.717) is 11.4 Å². The van der Waals surface area contributed by atoms with Crippen LogP contribution in [0.3, 0.4) is 0 Å². The van der Waals surface area contributed by atoms with E-state index in [4.69, 9.17) is 5.73 Å². The number of likely N-dealkylation sites (tertiary alicyclic amines) is 1. The molecule has 2 heterocycles. The fourth-order valence-electron chi connectivity index (χ4n) is 2.45. The van der Waals surface area contributed by atoms with Gasteiger partial charge in [0.2, 0.25) is 0 Å². The quantitative estimate of drug-likeness (QED) is 0.818. The van der Waals surface area contributed by atoms with Crippen molar-refractivity contribution in [3.8, 4) is 0 Å². The minimum atomic E-state index is -0.0544. The molecule has 0 aliphatic carbocycles. The molecule has 6 heteroatoms. The van der Waals surface area contributed by atoms with Crippen LogP contribution in [0.4, 0.5) is 5.69 Å². The highest BCUT2D eigenvalue weighted by Gasteiger charge is 2.32. The monoisotopic (exact) mass is 251 g/mol. The number of likely N-dealkylation sites (N-methyl/N-ethyl adjacent to an activating group) is 1. The number of nitrogens with zero attached hydrogens (tertiary/aromatic N) is 3. The highest BCUT2D eigenvalue weighted by molar-refractivity contribution is 5.97. The molecule has 1 unspecified atom stereocenters. The van der Waals surface area contributed by atoms with Gasteiger partial charge in [0.05, 0.1) is 11.4 Å². The maximum Gasteiger partial charge on any atom is 0.276 e. The summed E-state index contributed by atoms with van der Waals surface area (Å²) in [4.78, 5) is 16.4. The van der Waals surface area contributed by atoms with Crippen LogP contribution in [-0.2, 0) is 0 Å². The minimum absolute atomic E-state index is 0.0544. The molecule has 1 aromatic rings. The van der Waals surface area contributed by atoms with Crippen molar-refractivity contribution < 1.29 is 4.79 Å². The molecule has 1 saturated heterocycles. The Kier molecular flexibility index (Phi) is 3.56. The molecule has 0 aromatic carbocycles. The molecule has 1 aliphatic heterocycles. The molecule has 6 nitrogen and oxygen atoms in total. The molecule has 1 atom stereocenters. The average molecular weight is 251 g/mol. The van der Waals surface area contributed by atoms with Gasteiger partial charge in [-0.05, 0) is 33.9 Å². The number of aromatic nitrogens is 2. The summed E-state index contributed by atoms with van der Waals surface area (Å²) in [6, 6.07) is 0.268. The summed E-state index contributed by atoms with van der Waals surface area (Å²) < 4.78 is 0. The number of anilines is 1. The minimum Gasteiger partial charge on any atom is -0.395 e. The fourth-order valence-corrected chi connectivity index (χ4v) is 2.45.